The van der Waals surface area contributed by atoms with Gasteiger partial charge in [-0.05, 0) is 31.4 Å². The largest absolute Gasteiger partial charge is 0.420 e. The number of likely N-dealkylation sites (tertiary alicyclic amines) is 1. The summed E-state index contributed by atoms with van der Waals surface area (Å²) in [6.45, 7) is 9.12. The third kappa shape index (κ3) is 5.95. The van der Waals surface area contributed by atoms with E-state index < -0.39 is 11.7 Å². The molecular weight excluding hydrogens is 461 g/mol. The van der Waals surface area contributed by atoms with E-state index in [2.05, 4.69) is 27.0 Å². The number of alkyl halides is 3. The molecule has 1 aromatic rings. The standard InChI is InChI=1S/C24H31F3N6O2/c1-17-5-6-21(28-14-17)31-9-11-32(12-10-31)22(34)7-13-35-16-19-4-3-8-33(19)20-15-29-30-18(2)23(20)24(25,26)27/h5-6,14-15,19,30H,2-4,7-13,16H2,1H3/t19-/m0/s1. The Kier molecular flexibility index (Phi) is 7.63. The number of nitrogens with one attached hydrogen (secondary N) is 1. The van der Waals surface area contributed by atoms with Crippen LogP contribution in [0.1, 0.15) is 24.8 Å². The molecular formula is C24H31F3N6O2. The molecule has 4 rings (SSSR count). The predicted octanol–water partition coefficient (Wildman–Crippen LogP) is 2.83. The molecule has 3 aliphatic rings. The van der Waals surface area contributed by atoms with Gasteiger partial charge < -0.3 is 19.4 Å². The van der Waals surface area contributed by atoms with E-state index in [4.69, 9.17) is 4.74 Å². The van der Waals surface area contributed by atoms with Crippen molar-refractivity contribution in [2.75, 3.05) is 50.8 Å². The smallest absolute Gasteiger partial charge is 0.379 e. The van der Waals surface area contributed by atoms with Crippen LogP contribution in [0.5, 0.6) is 0 Å². The molecule has 1 aromatic heterocycles. The number of pyridine rings is 1. The van der Waals surface area contributed by atoms with Crippen LogP contribution >= 0.6 is 0 Å². The summed E-state index contributed by atoms with van der Waals surface area (Å²) in [5.74, 6) is 0.937. The monoisotopic (exact) mass is 492 g/mol. The molecule has 0 radical (unpaired) electrons. The highest BCUT2D eigenvalue weighted by atomic mass is 19.4. The molecule has 2 fully saturated rings. The van der Waals surface area contributed by atoms with Crippen LogP contribution in [0.2, 0.25) is 0 Å². The Hall–Kier alpha value is -3.08. The van der Waals surface area contributed by atoms with Gasteiger partial charge in [0.05, 0.1) is 43.3 Å². The van der Waals surface area contributed by atoms with Crippen LogP contribution in [0.25, 0.3) is 0 Å². The van der Waals surface area contributed by atoms with Gasteiger partial charge in [0, 0.05) is 38.9 Å². The molecule has 1 amide bonds. The van der Waals surface area contributed by atoms with Crippen molar-refractivity contribution in [3.63, 3.8) is 0 Å². The lowest BCUT2D eigenvalue weighted by Gasteiger charge is -2.35. The highest BCUT2D eigenvalue weighted by molar-refractivity contribution is 5.82. The number of piperazine rings is 1. The van der Waals surface area contributed by atoms with E-state index in [0.717, 1.165) is 30.9 Å². The number of carbonyl (C=O) groups is 1. The molecule has 0 aromatic carbocycles. The lowest BCUT2D eigenvalue weighted by Crippen LogP contribution is -2.49. The lowest BCUT2D eigenvalue weighted by molar-refractivity contribution is -0.132. The molecule has 8 nitrogen and oxygen atoms in total. The molecule has 0 saturated carbocycles. The van der Waals surface area contributed by atoms with Gasteiger partial charge in [-0.2, -0.15) is 18.3 Å². The number of halogens is 3. The average molecular weight is 493 g/mol. The Morgan fingerprint density at radius 1 is 1.23 bits per heavy atom. The van der Waals surface area contributed by atoms with Crippen molar-refractivity contribution in [2.45, 2.75) is 38.4 Å². The van der Waals surface area contributed by atoms with Crippen molar-refractivity contribution < 1.29 is 22.7 Å². The number of rotatable bonds is 7. The average Bonchev–Trinajstić information content (AvgIpc) is 3.30. The molecule has 35 heavy (non-hydrogen) atoms. The van der Waals surface area contributed by atoms with Gasteiger partial charge in [-0.25, -0.2) is 4.98 Å². The Bertz CT molecular complexity index is 984. The Balaban J connectivity index is 1.24. The molecule has 190 valence electrons. The second kappa shape index (κ2) is 10.7. The first-order valence-corrected chi connectivity index (χ1v) is 11.8. The third-order valence-electron chi connectivity index (χ3n) is 6.54. The minimum atomic E-state index is -4.54. The number of hydrazone groups is 1. The van der Waals surface area contributed by atoms with Crippen molar-refractivity contribution in [1.82, 2.24) is 20.2 Å². The van der Waals surface area contributed by atoms with Gasteiger partial charge in [-0.1, -0.05) is 12.6 Å². The number of aromatic nitrogens is 1. The first-order valence-electron chi connectivity index (χ1n) is 11.8. The Morgan fingerprint density at radius 2 is 2.00 bits per heavy atom. The highest BCUT2D eigenvalue weighted by Gasteiger charge is 2.42. The zero-order chi connectivity index (χ0) is 25.0. The maximum atomic E-state index is 13.6. The van der Waals surface area contributed by atoms with Crippen LogP contribution in [0.15, 0.2) is 47.0 Å². The molecule has 2 saturated heterocycles. The molecule has 11 heteroatoms. The summed E-state index contributed by atoms with van der Waals surface area (Å²) in [6.07, 6.45) is 0.219. The number of hydrogen-bond acceptors (Lipinski definition) is 7. The normalized spacial score (nSPS) is 21.1. The van der Waals surface area contributed by atoms with Crippen molar-refractivity contribution in [3.05, 3.63) is 47.4 Å². The molecule has 1 N–H and O–H groups in total. The highest BCUT2D eigenvalue weighted by Crippen LogP contribution is 2.36. The van der Waals surface area contributed by atoms with Gasteiger partial charge in [0.1, 0.15) is 11.4 Å². The molecule has 0 bridgehead atoms. The number of anilines is 1. The number of ether oxygens (including phenoxy) is 1. The molecule has 3 aliphatic heterocycles. The predicted molar refractivity (Wildman–Crippen MR) is 127 cm³/mol. The van der Waals surface area contributed by atoms with Crippen LogP contribution < -0.4 is 10.3 Å². The van der Waals surface area contributed by atoms with Crippen molar-refractivity contribution in [1.29, 1.82) is 0 Å². The SMILES string of the molecule is C=C1NN=CC(N2CCC[C@H]2COCCC(=O)N2CCN(c3ccc(C)cn3)CC2)=C1C(F)(F)F. The number of hydrogen-bond donors (Lipinski definition) is 1. The van der Waals surface area contributed by atoms with E-state index in [1.54, 1.807) is 4.90 Å². The minimum Gasteiger partial charge on any atom is -0.379 e. The van der Waals surface area contributed by atoms with E-state index in [1.165, 1.54) is 6.21 Å². The molecule has 0 spiro atoms. The summed E-state index contributed by atoms with van der Waals surface area (Å²) in [4.78, 5) is 22.8. The van der Waals surface area contributed by atoms with Gasteiger partial charge in [0.25, 0.3) is 0 Å². The maximum Gasteiger partial charge on any atom is 0.420 e. The first-order chi connectivity index (χ1) is 16.7. The van der Waals surface area contributed by atoms with Crippen LogP contribution in [-0.2, 0) is 9.53 Å². The number of allylic oxidation sites excluding steroid dienone is 2. The van der Waals surface area contributed by atoms with Gasteiger partial charge in [-0.15, -0.1) is 0 Å². The fraction of sp³-hybridized carbons (Fsp3) is 0.542. The van der Waals surface area contributed by atoms with Crippen molar-refractivity contribution >= 4 is 17.9 Å². The number of nitrogens with zero attached hydrogens (tertiary/aromatic N) is 5. The van der Waals surface area contributed by atoms with E-state index in [-0.39, 0.29) is 43.0 Å². The zero-order valence-electron chi connectivity index (χ0n) is 19.9. The van der Waals surface area contributed by atoms with E-state index >= 15 is 0 Å². The van der Waals surface area contributed by atoms with Crippen LogP contribution in [-0.4, -0.2) is 85.1 Å². The summed E-state index contributed by atoms with van der Waals surface area (Å²) in [6, 6.07) is 3.81. The van der Waals surface area contributed by atoms with Gasteiger partial charge in [0.2, 0.25) is 5.91 Å². The van der Waals surface area contributed by atoms with Gasteiger partial charge in [0.15, 0.2) is 0 Å². The summed E-state index contributed by atoms with van der Waals surface area (Å²) in [5.41, 5.74) is 2.38. The summed E-state index contributed by atoms with van der Waals surface area (Å²) in [7, 11) is 0. The molecule has 0 aliphatic carbocycles. The van der Waals surface area contributed by atoms with Gasteiger partial charge in [-0.3, -0.25) is 10.2 Å². The maximum absolute atomic E-state index is 13.6. The molecule has 0 unspecified atom stereocenters. The topological polar surface area (TPSA) is 73.3 Å². The van der Waals surface area contributed by atoms with Crippen molar-refractivity contribution in [2.24, 2.45) is 5.10 Å². The quantitative estimate of drug-likeness (QED) is 0.591. The summed E-state index contributed by atoms with van der Waals surface area (Å²) >= 11 is 0. The zero-order valence-corrected chi connectivity index (χ0v) is 19.9. The Morgan fingerprint density at radius 3 is 2.69 bits per heavy atom. The molecule has 4 heterocycles. The second-order valence-electron chi connectivity index (χ2n) is 8.98. The molecule has 1 atom stereocenters. The first kappa shape index (κ1) is 25.0. The summed E-state index contributed by atoms with van der Waals surface area (Å²) < 4.78 is 46.6. The fourth-order valence-electron chi connectivity index (χ4n) is 4.68. The van der Waals surface area contributed by atoms with Crippen LogP contribution in [0.3, 0.4) is 0 Å². The fourth-order valence-corrected chi connectivity index (χ4v) is 4.68. The van der Waals surface area contributed by atoms with E-state index in [1.807, 2.05) is 30.2 Å². The van der Waals surface area contributed by atoms with Gasteiger partial charge >= 0.3 is 6.18 Å². The minimum absolute atomic E-state index is 0.0179. The van der Waals surface area contributed by atoms with Crippen molar-refractivity contribution in [3.8, 4) is 0 Å². The summed E-state index contributed by atoms with van der Waals surface area (Å²) in [5, 5.41) is 3.81. The van der Waals surface area contributed by atoms with Crippen LogP contribution in [0, 0.1) is 6.92 Å². The van der Waals surface area contributed by atoms with Crippen LogP contribution in [0.4, 0.5) is 19.0 Å². The number of aryl methyl sites for hydroxylation is 1. The number of amides is 1. The second-order valence-corrected chi connectivity index (χ2v) is 8.98. The third-order valence-corrected chi connectivity index (χ3v) is 6.54. The number of carbonyl (C=O) groups excluding carboxylic acids is 1. The van der Waals surface area contributed by atoms with E-state index in [9.17, 15) is 18.0 Å². The Labute approximate surface area is 203 Å². The lowest BCUT2D eigenvalue weighted by atomic mass is 10.1. The van der Waals surface area contributed by atoms with E-state index in [0.29, 0.717) is 26.1 Å².